The summed E-state index contributed by atoms with van der Waals surface area (Å²) in [7, 11) is 1.86. The van der Waals surface area contributed by atoms with E-state index in [-0.39, 0.29) is 6.54 Å². The Balaban J connectivity index is 2.47. The summed E-state index contributed by atoms with van der Waals surface area (Å²) in [5.74, 6) is 1.60. The molecule has 0 aliphatic rings. The fraction of sp³-hybridized carbons (Fsp3) is 0.455. The maximum absolute atomic E-state index is 10.6. The molecule has 0 atom stereocenters. The molecule has 0 amide bonds. The summed E-state index contributed by atoms with van der Waals surface area (Å²) in [6.07, 6.45) is 7.64. The van der Waals surface area contributed by atoms with E-state index in [1.807, 2.05) is 13.1 Å². The van der Waals surface area contributed by atoms with Gasteiger partial charge in [0.25, 0.3) is 0 Å². The molecule has 0 aliphatic carbocycles. The maximum Gasteiger partial charge on any atom is 0.317 e. The number of carboxylic acid groups (broad SMARTS) is 1. The molecule has 1 aromatic heterocycles. The first-order valence-electron chi connectivity index (χ1n) is 4.98. The van der Waals surface area contributed by atoms with Gasteiger partial charge in [-0.1, -0.05) is 5.92 Å². The Morgan fingerprint density at radius 1 is 1.75 bits per heavy atom. The van der Waals surface area contributed by atoms with Crippen LogP contribution in [0.15, 0.2) is 12.3 Å². The molecular formula is C11H15N3O2. The molecule has 86 valence electrons. The van der Waals surface area contributed by atoms with E-state index in [2.05, 4.69) is 11.0 Å². The third-order valence-corrected chi connectivity index (χ3v) is 2.28. The van der Waals surface area contributed by atoms with Crippen LogP contribution in [-0.4, -0.2) is 45.4 Å². The van der Waals surface area contributed by atoms with Crippen LogP contribution < -0.4 is 0 Å². The molecule has 1 aromatic rings. The summed E-state index contributed by atoms with van der Waals surface area (Å²) in [6, 6.07) is 1.91. The normalized spacial score (nSPS) is 10.3. The van der Waals surface area contributed by atoms with Crippen molar-refractivity contribution in [1.82, 2.24) is 14.7 Å². The Morgan fingerprint density at radius 3 is 3.00 bits per heavy atom. The van der Waals surface area contributed by atoms with Gasteiger partial charge in [-0.3, -0.25) is 14.4 Å². The molecule has 0 aromatic carbocycles. The van der Waals surface area contributed by atoms with Crippen molar-refractivity contribution in [2.75, 3.05) is 19.6 Å². The van der Waals surface area contributed by atoms with Crippen LogP contribution in [-0.2, 0) is 18.3 Å². The zero-order chi connectivity index (χ0) is 12.0. The SMILES string of the molecule is C#CCN(CCc1ccnn1C)CC(=O)O. The first-order chi connectivity index (χ1) is 7.63. The van der Waals surface area contributed by atoms with Crippen molar-refractivity contribution in [3.05, 3.63) is 18.0 Å². The molecule has 5 heteroatoms. The Labute approximate surface area is 94.7 Å². The lowest BCUT2D eigenvalue weighted by atomic mass is 10.3. The third-order valence-electron chi connectivity index (χ3n) is 2.28. The number of aryl methyl sites for hydroxylation is 1. The highest BCUT2D eigenvalue weighted by Crippen LogP contribution is 1.99. The highest BCUT2D eigenvalue weighted by Gasteiger charge is 2.09. The van der Waals surface area contributed by atoms with E-state index in [0.29, 0.717) is 13.1 Å². The molecule has 1 N–H and O–H groups in total. The number of terminal acetylenes is 1. The summed E-state index contributed by atoms with van der Waals surface area (Å²) in [5, 5.41) is 12.7. The van der Waals surface area contributed by atoms with E-state index in [9.17, 15) is 4.79 Å². The summed E-state index contributed by atoms with van der Waals surface area (Å²) < 4.78 is 1.77. The van der Waals surface area contributed by atoms with Gasteiger partial charge in [0.15, 0.2) is 0 Å². The van der Waals surface area contributed by atoms with Crippen molar-refractivity contribution in [3.63, 3.8) is 0 Å². The molecule has 0 unspecified atom stereocenters. The van der Waals surface area contributed by atoms with Crippen LogP contribution in [0, 0.1) is 12.3 Å². The van der Waals surface area contributed by atoms with Gasteiger partial charge in [-0.15, -0.1) is 6.42 Å². The monoisotopic (exact) mass is 221 g/mol. The summed E-state index contributed by atoms with van der Waals surface area (Å²) in [5.41, 5.74) is 1.06. The highest BCUT2D eigenvalue weighted by atomic mass is 16.4. The van der Waals surface area contributed by atoms with E-state index in [0.717, 1.165) is 12.1 Å². The molecule has 1 heterocycles. The van der Waals surface area contributed by atoms with Crippen LogP contribution in [0.4, 0.5) is 0 Å². The summed E-state index contributed by atoms with van der Waals surface area (Å²) in [6.45, 7) is 0.947. The van der Waals surface area contributed by atoms with Gasteiger partial charge < -0.3 is 5.11 Å². The number of aliphatic carboxylic acids is 1. The van der Waals surface area contributed by atoms with E-state index in [4.69, 9.17) is 11.5 Å². The van der Waals surface area contributed by atoms with Gasteiger partial charge in [0, 0.05) is 31.9 Å². The van der Waals surface area contributed by atoms with Gasteiger partial charge >= 0.3 is 5.97 Å². The predicted octanol–water partition coefficient (Wildman–Crippen LogP) is -0.0176. The Morgan fingerprint density at radius 2 is 2.50 bits per heavy atom. The van der Waals surface area contributed by atoms with Crippen molar-refractivity contribution in [2.45, 2.75) is 6.42 Å². The second-order valence-corrected chi connectivity index (χ2v) is 3.50. The molecule has 5 nitrogen and oxygen atoms in total. The third kappa shape index (κ3) is 3.75. The lowest BCUT2D eigenvalue weighted by molar-refractivity contribution is -0.138. The number of nitrogens with zero attached hydrogens (tertiary/aromatic N) is 3. The molecule has 16 heavy (non-hydrogen) atoms. The van der Waals surface area contributed by atoms with Gasteiger partial charge in [0.05, 0.1) is 13.1 Å². The van der Waals surface area contributed by atoms with E-state index in [1.54, 1.807) is 15.8 Å². The number of aromatic nitrogens is 2. The predicted molar refractivity (Wildman–Crippen MR) is 59.8 cm³/mol. The highest BCUT2D eigenvalue weighted by molar-refractivity contribution is 5.69. The van der Waals surface area contributed by atoms with Gasteiger partial charge in [0.1, 0.15) is 0 Å². The second-order valence-electron chi connectivity index (χ2n) is 3.50. The molecule has 0 spiro atoms. The average molecular weight is 221 g/mol. The lowest BCUT2D eigenvalue weighted by Crippen LogP contribution is -2.32. The number of hydrogen-bond donors (Lipinski definition) is 1. The molecular weight excluding hydrogens is 206 g/mol. The number of carboxylic acids is 1. The number of rotatable bonds is 6. The molecule has 0 fully saturated rings. The topological polar surface area (TPSA) is 58.4 Å². The molecule has 0 saturated carbocycles. The zero-order valence-electron chi connectivity index (χ0n) is 9.26. The van der Waals surface area contributed by atoms with Crippen LogP contribution in [0.5, 0.6) is 0 Å². The van der Waals surface area contributed by atoms with Gasteiger partial charge in [0.2, 0.25) is 0 Å². The molecule has 0 bridgehead atoms. The minimum atomic E-state index is -0.861. The van der Waals surface area contributed by atoms with Crippen LogP contribution in [0.1, 0.15) is 5.69 Å². The Bertz CT molecular complexity index is 392. The van der Waals surface area contributed by atoms with Crippen LogP contribution in [0.3, 0.4) is 0 Å². The summed E-state index contributed by atoms with van der Waals surface area (Å²) in [4.78, 5) is 12.3. The van der Waals surface area contributed by atoms with E-state index in [1.165, 1.54) is 0 Å². The fourth-order valence-electron chi connectivity index (χ4n) is 1.45. The average Bonchev–Trinajstić information content (AvgIpc) is 2.60. The molecule has 1 rings (SSSR count). The molecule has 0 saturated heterocycles. The summed E-state index contributed by atoms with van der Waals surface area (Å²) >= 11 is 0. The second kappa shape index (κ2) is 5.93. The number of hydrogen-bond acceptors (Lipinski definition) is 3. The van der Waals surface area contributed by atoms with E-state index < -0.39 is 5.97 Å². The van der Waals surface area contributed by atoms with Crippen LogP contribution in [0.25, 0.3) is 0 Å². The smallest absolute Gasteiger partial charge is 0.317 e. The standard InChI is InChI=1S/C11H15N3O2/c1-3-7-14(9-11(15)16)8-5-10-4-6-12-13(10)2/h1,4,6H,5,7-9H2,2H3,(H,15,16). The Kier molecular flexibility index (Phi) is 4.55. The van der Waals surface area contributed by atoms with Crippen molar-refractivity contribution in [3.8, 4) is 12.3 Å². The van der Waals surface area contributed by atoms with Crippen LogP contribution >= 0.6 is 0 Å². The minimum Gasteiger partial charge on any atom is -0.480 e. The van der Waals surface area contributed by atoms with Crippen LogP contribution in [0.2, 0.25) is 0 Å². The molecule has 0 radical (unpaired) electrons. The van der Waals surface area contributed by atoms with Gasteiger partial charge in [-0.25, -0.2) is 0 Å². The van der Waals surface area contributed by atoms with E-state index >= 15 is 0 Å². The maximum atomic E-state index is 10.6. The van der Waals surface area contributed by atoms with Crippen molar-refractivity contribution < 1.29 is 9.90 Å². The number of carbonyl (C=O) groups is 1. The first-order valence-corrected chi connectivity index (χ1v) is 4.98. The first kappa shape index (κ1) is 12.3. The van der Waals surface area contributed by atoms with Crippen molar-refractivity contribution in [2.24, 2.45) is 7.05 Å². The van der Waals surface area contributed by atoms with Gasteiger partial charge in [-0.05, 0) is 6.07 Å². The molecule has 0 aliphatic heterocycles. The lowest BCUT2D eigenvalue weighted by Gasteiger charge is -2.16. The largest absolute Gasteiger partial charge is 0.480 e. The quantitative estimate of drug-likeness (QED) is 0.686. The zero-order valence-corrected chi connectivity index (χ0v) is 9.26. The Hall–Kier alpha value is -1.80. The van der Waals surface area contributed by atoms with Crippen molar-refractivity contribution in [1.29, 1.82) is 0 Å². The minimum absolute atomic E-state index is 0.0257. The van der Waals surface area contributed by atoms with Crippen molar-refractivity contribution >= 4 is 5.97 Å². The fourth-order valence-corrected chi connectivity index (χ4v) is 1.45. The van der Waals surface area contributed by atoms with Gasteiger partial charge in [-0.2, -0.15) is 5.10 Å².